The van der Waals surface area contributed by atoms with Crippen molar-refractivity contribution in [1.29, 1.82) is 0 Å². The Bertz CT molecular complexity index is 1170. The summed E-state index contributed by atoms with van der Waals surface area (Å²) >= 11 is 0. The molecule has 0 aliphatic carbocycles. The van der Waals surface area contributed by atoms with Crippen molar-refractivity contribution in [2.24, 2.45) is 7.05 Å². The van der Waals surface area contributed by atoms with Crippen LogP contribution >= 0.6 is 0 Å². The molecular weight excluding hydrogens is 372 g/mol. The number of benzene rings is 2. The summed E-state index contributed by atoms with van der Waals surface area (Å²) in [5, 5.41) is 0. The lowest BCUT2D eigenvalue weighted by atomic mass is 10.2. The molecule has 0 radical (unpaired) electrons. The molecule has 0 atom stereocenters. The summed E-state index contributed by atoms with van der Waals surface area (Å²) in [4.78, 5) is 23.3. The third kappa shape index (κ3) is 3.59. The first-order chi connectivity index (χ1) is 12.7. The summed E-state index contributed by atoms with van der Waals surface area (Å²) in [6.45, 7) is 3.59. The summed E-state index contributed by atoms with van der Waals surface area (Å²) in [6.07, 6.45) is 0. The summed E-state index contributed by atoms with van der Waals surface area (Å²) in [7, 11) is -2.37. The number of esters is 1. The second-order valence-corrected chi connectivity index (χ2v) is 7.57. The minimum atomic E-state index is -3.92. The number of rotatable bonds is 5. The normalized spacial score (nSPS) is 11.5. The van der Waals surface area contributed by atoms with Crippen molar-refractivity contribution in [3.05, 3.63) is 58.1 Å². The van der Waals surface area contributed by atoms with Gasteiger partial charge in [-0.25, -0.2) is 18.0 Å². The number of sulfonamides is 1. The Morgan fingerprint density at radius 3 is 2.52 bits per heavy atom. The van der Waals surface area contributed by atoms with Crippen LogP contribution in [-0.4, -0.2) is 25.6 Å². The highest BCUT2D eigenvalue weighted by Gasteiger charge is 2.20. The molecular formula is C18H18N2O6S. The summed E-state index contributed by atoms with van der Waals surface area (Å²) in [6, 6.07) is 8.80. The minimum Gasteiger partial charge on any atom is -0.462 e. The highest BCUT2D eigenvalue weighted by Crippen LogP contribution is 2.24. The van der Waals surface area contributed by atoms with Gasteiger partial charge < -0.3 is 9.15 Å². The number of aryl methyl sites for hydroxylation is 2. The molecule has 0 amide bonds. The van der Waals surface area contributed by atoms with E-state index in [0.717, 1.165) is 0 Å². The number of fused-ring (bicyclic) bond motifs is 1. The molecule has 0 aliphatic rings. The number of hydrogen-bond acceptors (Lipinski definition) is 6. The fourth-order valence-corrected chi connectivity index (χ4v) is 3.95. The number of aromatic nitrogens is 1. The van der Waals surface area contributed by atoms with Crippen molar-refractivity contribution < 1.29 is 22.4 Å². The van der Waals surface area contributed by atoms with E-state index >= 15 is 0 Å². The van der Waals surface area contributed by atoms with Gasteiger partial charge in [0, 0.05) is 18.8 Å². The monoisotopic (exact) mass is 390 g/mol. The molecule has 0 unspecified atom stereocenters. The largest absolute Gasteiger partial charge is 0.462 e. The molecule has 0 aliphatic heterocycles. The van der Waals surface area contributed by atoms with Gasteiger partial charge in [-0.1, -0.05) is 0 Å². The predicted octanol–water partition coefficient (Wildman–Crippen LogP) is 2.42. The predicted molar refractivity (Wildman–Crippen MR) is 99.4 cm³/mol. The van der Waals surface area contributed by atoms with Crippen LogP contribution in [0.5, 0.6) is 0 Å². The quantitative estimate of drug-likeness (QED) is 0.671. The number of ether oxygens (including phenoxy) is 1. The van der Waals surface area contributed by atoms with E-state index in [1.54, 1.807) is 27.0 Å². The number of nitrogens with one attached hydrogen (secondary N) is 1. The smallest absolute Gasteiger partial charge is 0.419 e. The maximum absolute atomic E-state index is 12.7. The third-order valence-electron chi connectivity index (χ3n) is 4.03. The topological polar surface area (TPSA) is 108 Å². The van der Waals surface area contributed by atoms with Gasteiger partial charge in [0.05, 0.1) is 22.6 Å². The molecule has 3 rings (SSSR count). The van der Waals surface area contributed by atoms with Crippen LogP contribution in [0.25, 0.3) is 11.1 Å². The van der Waals surface area contributed by atoms with Crippen LogP contribution in [-0.2, 0) is 21.8 Å². The van der Waals surface area contributed by atoms with Crippen molar-refractivity contribution in [2.75, 3.05) is 11.3 Å². The van der Waals surface area contributed by atoms with E-state index in [9.17, 15) is 18.0 Å². The van der Waals surface area contributed by atoms with Gasteiger partial charge in [-0.05, 0) is 49.7 Å². The Morgan fingerprint density at radius 1 is 1.22 bits per heavy atom. The van der Waals surface area contributed by atoms with E-state index in [0.29, 0.717) is 16.6 Å². The van der Waals surface area contributed by atoms with Gasteiger partial charge >= 0.3 is 11.7 Å². The van der Waals surface area contributed by atoms with Crippen LogP contribution in [0.15, 0.2) is 50.5 Å². The van der Waals surface area contributed by atoms with E-state index in [-0.39, 0.29) is 22.8 Å². The molecule has 8 nitrogen and oxygen atoms in total. The van der Waals surface area contributed by atoms with Crippen LogP contribution < -0.4 is 10.5 Å². The number of anilines is 1. The zero-order valence-electron chi connectivity index (χ0n) is 15.0. The van der Waals surface area contributed by atoms with Crippen LogP contribution in [0.3, 0.4) is 0 Å². The molecule has 1 heterocycles. The van der Waals surface area contributed by atoms with E-state index < -0.39 is 21.7 Å². The number of nitrogens with zero attached hydrogens (tertiary/aromatic N) is 1. The molecule has 0 spiro atoms. The molecule has 142 valence electrons. The van der Waals surface area contributed by atoms with E-state index in [1.807, 2.05) is 0 Å². The van der Waals surface area contributed by atoms with Gasteiger partial charge in [0.15, 0.2) is 5.58 Å². The van der Waals surface area contributed by atoms with Crippen LogP contribution in [0.4, 0.5) is 5.69 Å². The number of hydrogen-bond donors (Lipinski definition) is 1. The lowest BCUT2D eigenvalue weighted by molar-refractivity contribution is 0.0526. The molecule has 2 aromatic carbocycles. The Morgan fingerprint density at radius 2 is 1.89 bits per heavy atom. The highest BCUT2D eigenvalue weighted by atomic mass is 32.2. The van der Waals surface area contributed by atoms with Gasteiger partial charge in [-0.15, -0.1) is 0 Å². The highest BCUT2D eigenvalue weighted by molar-refractivity contribution is 7.92. The average Bonchev–Trinajstić information content (AvgIpc) is 2.89. The van der Waals surface area contributed by atoms with Gasteiger partial charge in [0.25, 0.3) is 10.0 Å². The summed E-state index contributed by atoms with van der Waals surface area (Å²) in [5.41, 5.74) is 1.77. The molecule has 0 saturated carbocycles. The van der Waals surface area contributed by atoms with Crippen LogP contribution in [0, 0.1) is 6.92 Å². The molecule has 9 heteroatoms. The Kier molecular flexibility index (Phi) is 4.79. The Hall–Kier alpha value is -3.07. The SMILES string of the molecule is CCOC(=O)c1ccc(NS(=O)(=O)c2cc3oc(=O)n(C)c3cc2C)cc1. The van der Waals surface area contributed by atoms with Gasteiger partial charge in [0.2, 0.25) is 0 Å². The Balaban J connectivity index is 1.93. The number of carbonyl (C=O) groups is 1. The maximum atomic E-state index is 12.7. The number of oxazole rings is 1. The summed E-state index contributed by atoms with van der Waals surface area (Å²) < 4.78 is 39.2. The molecule has 27 heavy (non-hydrogen) atoms. The zero-order valence-corrected chi connectivity index (χ0v) is 15.8. The third-order valence-corrected chi connectivity index (χ3v) is 5.55. The van der Waals surface area contributed by atoms with E-state index in [2.05, 4.69) is 4.72 Å². The van der Waals surface area contributed by atoms with Gasteiger partial charge in [-0.3, -0.25) is 9.29 Å². The molecule has 0 fully saturated rings. The fraction of sp³-hybridized carbons (Fsp3) is 0.222. The van der Waals surface area contributed by atoms with Crippen molar-refractivity contribution >= 4 is 32.8 Å². The van der Waals surface area contributed by atoms with Crippen molar-refractivity contribution in [1.82, 2.24) is 4.57 Å². The molecule has 3 aromatic rings. The van der Waals surface area contributed by atoms with Gasteiger partial charge in [-0.2, -0.15) is 0 Å². The maximum Gasteiger partial charge on any atom is 0.419 e. The molecule has 0 saturated heterocycles. The number of carbonyl (C=O) groups excluding carboxylic acids is 1. The van der Waals surface area contributed by atoms with Crippen molar-refractivity contribution in [2.45, 2.75) is 18.7 Å². The molecule has 1 N–H and O–H groups in total. The Labute approximate surface area is 155 Å². The minimum absolute atomic E-state index is 0.00109. The lowest BCUT2D eigenvalue weighted by Crippen LogP contribution is -2.14. The van der Waals surface area contributed by atoms with Gasteiger partial charge in [0.1, 0.15) is 0 Å². The first kappa shape index (κ1) is 18.7. The van der Waals surface area contributed by atoms with Crippen LogP contribution in [0.1, 0.15) is 22.8 Å². The van der Waals surface area contributed by atoms with Crippen molar-refractivity contribution in [3.8, 4) is 0 Å². The van der Waals surface area contributed by atoms with Crippen molar-refractivity contribution in [3.63, 3.8) is 0 Å². The second kappa shape index (κ2) is 6.92. The van der Waals surface area contributed by atoms with E-state index in [1.165, 1.54) is 34.9 Å². The second-order valence-electron chi connectivity index (χ2n) is 5.92. The fourth-order valence-electron chi connectivity index (χ4n) is 2.65. The van der Waals surface area contributed by atoms with Crippen LogP contribution in [0.2, 0.25) is 0 Å². The lowest BCUT2D eigenvalue weighted by Gasteiger charge is -2.11. The first-order valence-corrected chi connectivity index (χ1v) is 9.61. The zero-order chi connectivity index (χ0) is 19.8. The molecule has 0 bridgehead atoms. The first-order valence-electron chi connectivity index (χ1n) is 8.13. The molecule has 1 aromatic heterocycles. The van der Waals surface area contributed by atoms with E-state index in [4.69, 9.17) is 9.15 Å². The average molecular weight is 390 g/mol. The standard InChI is InChI=1S/C18H18N2O6S/c1-4-25-17(21)12-5-7-13(8-6-12)19-27(23,24)16-10-15-14(9-11(16)2)20(3)18(22)26-15/h5-10,19H,4H2,1-3H3. The summed E-state index contributed by atoms with van der Waals surface area (Å²) in [5.74, 6) is -1.05.